The predicted molar refractivity (Wildman–Crippen MR) is 76.2 cm³/mol. The van der Waals surface area contributed by atoms with Crippen molar-refractivity contribution < 1.29 is 4.74 Å². The number of hydrogen-bond acceptors (Lipinski definition) is 5. The van der Waals surface area contributed by atoms with Crippen LogP contribution in [-0.2, 0) is 4.74 Å². The number of nitrogens with one attached hydrogen (secondary N) is 1. The SMILES string of the molecule is COC1CCC(Nc2nc(C)ncc2C=S)CC1. The van der Waals surface area contributed by atoms with Gasteiger partial charge in [-0.1, -0.05) is 12.2 Å². The fourth-order valence-corrected chi connectivity index (χ4v) is 2.49. The Bertz CT molecular complexity index is 417. The first kappa shape index (κ1) is 13.4. The van der Waals surface area contributed by atoms with Crippen LogP contribution < -0.4 is 5.32 Å². The van der Waals surface area contributed by atoms with E-state index in [4.69, 9.17) is 17.0 Å². The minimum absolute atomic E-state index is 0.417. The van der Waals surface area contributed by atoms with E-state index < -0.39 is 0 Å². The van der Waals surface area contributed by atoms with Crippen LogP contribution in [0.5, 0.6) is 0 Å². The van der Waals surface area contributed by atoms with Crippen molar-refractivity contribution in [3.63, 3.8) is 0 Å². The van der Waals surface area contributed by atoms with Gasteiger partial charge in [-0.3, -0.25) is 0 Å². The third-order valence-corrected chi connectivity index (χ3v) is 3.67. The lowest BCUT2D eigenvalue weighted by molar-refractivity contribution is 0.0681. The van der Waals surface area contributed by atoms with Crippen LogP contribution in [0.4, 0.5) is 5.82 Å². The Hall–Kier alpha value is -1.07. The smallest absolute Gasteiger partial charge is 0.138 e. The summed E-state index contributed by atoms with van der Waals surface area (Å²) in [6.45, 7) is 1.89. The number of methoxy groups -OCH3 is 1. The zero-order chi connectivity index (χ0) is 13.0. The number of anilines is 1. The minimum atomic E-state index is 0.417. The van der Waals surface area contributed by atoms with Crippen molar-refractivity contribution in [1.29, 1.82) is 0 Å². The van der Waals surface area contributed by atoms with Gasteiger partial charge in [-0.25, -0.2) is 9.97 Å². The lowest BCUT2D eigenvalue weighted by Gasteiger charge is -2.28. The average Bonchev–Trinajstić information content (AvgIpc) is 2.40. The largest absolute Gasteiger partial charge is 0.381 e. The number of ether oxygens (including phenoxy) is 1. The summed E-state index contributed by atoms with van der Waals surface area (Å²) >= 11 is 4.99. The summed E-state index contributed by atoms with van der Waals surface area (Å²) in [5.41, 5.74) is 0.893. The van der Waals surface area contributed by atoms with Crippen molar-refractivity contribution in [2.24, 2.45) is 0 Å². The molecule has 0 bridgehead atoms. The standard InChI is InChI=1S/C13H19N3OS/c1-9-14-7-10(8-18)13(15-9)16-11-3-5-12(17-2)6-4-11/h7-8,11-12H,3-6H2,1-2H3,(H,14,15,16). The fraction of sp³-hybridized carbons (Fsp3) is 0.615. The van der Waals surface area contributed by atoms with E-state index >= 15 is 0 Å². The van der Waals surface area contributed by atoms with E-state index in [0.717, 1.165) is 42.9 Å². The molecule has 0 atom stereocenters. The predicted octanol–water partition coefficient (Wildman–Crippen LogP) is 2.50. The summed E-state index contributed by atoms with van der Waals surface area (Å²) in [6, 6.07) is 0.458. The van der Waals surface area contributed by atoms with E-state index in [1.807, 2.05) is 6.92 Å². The van der Waals surface area contributed by atoms with Gasteiger partial charge >= 0.3 is 0 Å². The Kier molecular flexibility index (Phi) is 4.60. The van der Waals surface area contributed by atoms with Crippen LogP contribution in [0, 0.1) is 6.92 Å². The quantitative estimate of drug-likeness (QED) is 0.848. The number of hydrogen-bond donors (Lipinski definition) is 1. The number of nitrogens with zero attached hydrogens (tertiary/aromatic N) is 2. The van der Waals surface area contributed by atoms with Gasteiger partial charge in [0.1, 0.15) is 11.6 Å². The van der Waals surface area contributed by atoms with Crippen LogP contribution in [0.25, 0.3) is 0 Å². The van der Waals surface area contributed by atoms with Crippen LogP contribution in [0.2, 0.25) is 0 Å². The number of aryl methyl sites for hydroxylation is 1. The van der Waals surface area contributed by atoms with E-state index in [2.05, 4.69) is 15.3 Å². The molecule has 1 fully saturated rings. The first-order valence-electron chi connectivity index (χ1n) is 6.31. The molecule has 0 radical (unpaired) electrons. The van der Waals surface area contributed by atoms with Crippen LogP contribution in [0.1, 0.15) is 37.1 Å². The van der Waals surface area contributed by atoms with Gasteiger partial charge < -0.3 is 10.1 Å². The highest BCUT2D eigenvalue weighted by Crippen LogP contribution is 2.24. The normalized spacial score (nSPS) is 23.7. The maximum absolute atomic E-state index is 5.38. The van der Waals surface area contributed by atoms with Gasteiger partial charge in [0.2, 0.25) is 0 Å². The molecule has 2 rings (SSSR count). The van der Waals surface area contributed by atoms with Gasteiger partial charge in [0.05, 0.1) is 6.10 Å². The van der Waals surface area contributed by atoms with Gasteiger partial charge in [0.25, 0.3) is 0 Å². The van der Waals surface area contributed by atoms with Crippen molar-refractivity contribution in [2.75, 3.05) is 12.4 Å². The molecule has 1 aromatic heterocycles. The fourth-order valence-electron chi connectivity index (χ4n) is 2.32. The molecule has 0 amide bonds. The Labute approximate surface area is 113 Å². The molecule has 18 heavy (non-hydrogen) atoms. The zero-order valence-corrected chi connectivity index (χ0v) is 11.7. The Balaban J connectivity index is 2.01. The van der Waals surface area contributed by atoms with E-state index in [9.17, 15) is 0 Å². The molecule has 0 aliphatic heterocycles. The van der Waals surface area contributed by atoms with Crippen molar-refractivity contribution in [1.82, 2.24) is 9.97 Å². The van der Waals surface area contributed by atoms with Gasteiger partial charge in [-0.15, -0.1) is 0 Å². The highest BCUT2D eigenvalue weighted by Gasteiger charge is 2.21. The van der Waals surface area contributed by atoms with Gasteiger partial charge in [-0.05, 0) is 32.6 Å². The Morgan fingerprint density at radius 2 is 2.11 bits per heavy atom. The van der Waals surface area contributed by atoms with E-state index in [1.54, 1.807) is 18.7 Å². The average molecular weight is 265 g/mol. The summed E-state index contributed by atoms with van der Waals surface area (Å²) in [6.07, 6.45) is 6.62. The topological polar surface area (TPSA) is 47.0 Å². The molecule has 1 heterocycles. The second-order valence-corrected chi connectivity index (χ2v) is 4.93. The second kappa shape index (κ2) is 6.20. The van der Waals surface area contributed by atoms with Crippen molar-refractivity contribution in [3.8, 4) is 0 Å². The number of aromatic nitrogens is 2. The molecule has 4 nitrogen and oxygen atoms in total. The second-order valence-electron chi connectivity index (χ2n) is 4.69. The maximum Gasteiger partial charge on any atom is 0.138 e. The highest BCUT2D eigenvalue weighted by molar-refractivity contribution is 7.79. The molecule has 1 aliphatic carbocycles. The highest BCUT2D eigenvalue weighted by atomic mass is 32.1. The summed E-state index contributed by atoms with van der Waals surface area (Å²) in [4.78, 5) is 8.59. The first-order chi connectivity index (χ1) is 8.72. The summed E-state index contributed by atoms with van der Waals surface area (Å²) in [5, 5.41) is 5.11. The molecular formula is C13H19N3OS. The number of rotatable bonds is 4. The lowest BCUT2D eigenvalue weighted by atomic mass is 9.93. The Morgan fingerprint density at radius 1 is 1.39 bits per heavy atom. The van der Waals surface area contributed by atoms with Crippen LogP contribution in [0.3, 0.4) is 0 Å². The van der Waals surface area contributed by atoms with Crippen LogP contribution in [0.15, 0.2) is 6.20 Å². The van der Waals surface area contributed by atoms with Crippen LogP contribution >= 0.6 is 12.2 Å². The molecular weight excluding hydrogens is 246 g/mol. The molecule has 0 saturated heterocycles. The van der Waals surface area contributed by atoms with Gasteiger partial charge in [0, 0.05) is 30.3 Å². The van der Waals surface area contributed by atoms with Crippen LogP contribution in [-0.4, -0.2) is 34.6 Å². The molecule has 98 valence electrons. The third kappa shape index (κ3) is 3.23. The van der Waals surface area contributed by atoms with E-state index in [-0.39, 0.29) is 0 Å². The van der Waals surface area contributed by atoms with E-state index in [0.29, 0.717) is 12.1 Å². The summed E-state index contributed by atoms with van der Waals surface area (Å²) in [7, 11) is 1.79. The number of thiocarbonyl (C=S) groups is 1. The summed E-state index contributed by atoms with van der Waals surface area (Å²) in [5.74, 6) is 1.63. The molecule has 0 aromatic carbocycles. The van der Waals surface area contributed by atoms with Crippen molar-refractivity contribution in [2.45, 2.75) is 44.8 Å². The third-order valence-electron chi connectivity index (χ3n) is 3.41. The lowest BCUT2D eigenvalue weighted by Crippen LogP contribution is -2.30. The molecule has 0 unspecified atom stereocenters. The van der Waals surface area contributed by atoms with Gasteiger partial charge in [-0.2, -0.15) is 0 Å². The summed E-state index contributed by atoms with van der Waals surface area (Å²) < 4.78 is 5.38. The molecule has 0 spiro atoms. The zero-order valence-electron chi connectivity index (χ0n) is 10.8. The first-order valence-corrected chi connectivity index (χ1v) is 6.78. The minimum Gasteiger partial charge on any atom is -0.381 e. The molecule has 5 heteroatoms. The monoisotopic (exact) mass is 265 g/mol. The maximum atomic E-state index is 5.38. The van der Waals surface area contributed by atoms with Crippen molar-refractivity contribution in [3.05, 3.63) is 17.6 Å². The molecule has 1 N–H and O–H groups in total. The van der Waals surface area contributed by atoms with Crippen molar-refractivity contribution >= 4 is 23.4 Å². The van der Waals surface area contributed by atoms with Gasteiger partial charge in [0.15, 0.2) is 0 Å². The molecule has 1 saturated carbocycles. The molecule has 1 aliphatic rings. The Morgan fingerprint density at radius 3 is 2.72 bits per heavy atom. The molecule has 1 aromatic rings. The van der Waals surface area contributed by atoms with E-state index in [1.165, 1.54) is 0 Å².